The average Bonchev–Trinajstić information content (AvgIpc) is 2.38. The molecule has 0 aromatic heterocycles. The van der Waals surface area contributed by atoms with Gasteiger partial charge in [-0.3, -0.25) is 14.8 Å². The van der Waals surface area contributed by atoms with E-state index >= 15 is 0 Å². The topological polar surface area (TPSA) is 89.3 Å². The molecule has 2 rings (SSSR count). The van der Waals surface area contributed by atoms with Gasteiger partial charge in [0.25, 0.3) is 10.0 Å². The zero-order chi connectivity index (χ0) is 15.6. The van der Waals surface area contributed by atoms with E-state index in [0.29, 0.717) is 0 Å². The van der Waals surface area contributed by atoms with E-state index in [-0.39, 0.29) is 15.6 Å². The number of sulfonamides is 1. The summed E-state index contributed by atoms with van der Waals surface area (Å²) in [6.45, 7) is 1.83. The standard InChI is InChI=1S/C13H11ClN2O4S/c1-9-5-7-10(8-6-9)21(19,20)15-12-4-2-3-11(14)13(12)16(17)18/h2-8,15H,1H3. The van der Waals surface area contributed by atoms with E-state index in [4.69, 9.17) is 11.6 Å². The lowest BCUT2D eigenvalue weighted by molar-refractivity contribution is -0.383. The molecule has 1 N–H and O–H groups in total. The lowest BCUT2D eigenvalue weighted by Crippen LogP contribution is -2.14. The lowest BCUT2D eigenvalue weighted by Gasteiger charge is -2.09. The van der Waals surface area contributed by atoms with Crippen molar-refractivity contribution in [1.29, 1.82) is 0 Å². The minimum atomic E-state index is -3.92. The van der Waals surface area contributed by atoms with Gasteiger partial charge in [0.05, 0.1) is 9.82 Å². The number of hydrogen-bond acceptors (Lipinski definition) is 4. The molecule has 0 atom stereocenters. The predicted molar refractivity (Wildman–Crippen MR) is 80.1 cm³/mol. The molecule has 0 aliphatic carbocycles. The van der Waals surface area contributed by atoms with E-state index in [1.165, 1.54) is 30.3 Å². The minimum Gasteiger partial charge on any atom is -0.273 e. The summed E-state index contributed by atoms with van der Waals surface area (Å²) in [5, 5.41) is 10.9. The second-order valence-corrected chi connectivity index (χ2v) is 6.40. The van der Waals surface area contributed by atoms with Crippen LogP contribution in [-0.4, -0.2) is 13.3 Å². The van der Waals surface area contributed by atoms with Gasteiger partial charge in [0, 0.05) is 0 Å². The highest BCUT2D eigenvalue weighted by Crippen LogP contribution is 2.33. The van der Waals surface area contributed by atoms with E-state index in [2.05, 4.69) is 4.72 Å². The third-order valence-corrected chi connectivity index (χ3v) is 4.43. The Labute approximate surface area is 126 Å². The molecule has 0 bridgehead atoms. The number of aryl methyl sites for hydroxylation is 1. The molecule has 0 spiro atoms. The largest absolute Gasteiger partial charge is 0.311 e. The molecule has 0 saturated carbocycles. The van der Waals surface area contributed by atoms with E-state index in [9.17, 15) is 18.5 Å². The maximum Gasteiger partial charge on any atom is 0.311 e. The molecule has 0 saturated heterocycles. The van der Waals surface area contributed by atoms with Gasteiger partial charge in [0.15, 0.2) is 0 Å². The first-order valence-electron chi connectivity index (χ1n) is 5.83. The van der Waals surface area contributed by atoms with Gasteiger partial charge in [-0.2, -0.15) is 0 Å². The molecule has 2 aromatic rings. The van der Waals surface area contributed by atoms with Crippen LogP contribution in [0.15, 0.2) is 47.4 Å². The summed E-state index contributed by atoms with van der Waals surface area (Å²) in [5.41, 5.74) is 0.255. The first kappa shape index (κ1) is 15.3. The molecule has 0 radical (unpaired) electrons. The highest BCUT2D eigenvalue weighted by molar-refractivity contribution is 7.92. The van der Waals surface area contributed by atoms with Crippen molar-refractivity contribution in [3.8, 4) is 0 Å². The summed E-state index contributed by atoms with van der Waals surface area (Å²) >= 11 is 5.74. The monoisotopic (exact) mass is 326 g/mol. The summed E-state index contributed by atoms with van der Waals surface area (Å²) in [7, 11) is -3.92. The van der Waals surface area contributed by atoms with Crippen LogP contribution in [0.25, 0.3) is 0 Å². The van der Waals surface area contributed by atoms with Gasteiger partial charge in [0.2, 0.25) is 0 Å². The summed E-state index contributed by atoms with van der Waals surface area (Å²) in [4.78, 5) is 10.3. The fourth-order valence-corrected chi connectivity index (χ4v) is 3.01. The Hall–Kier alpha value is -2.12. The van der Waals surface area contributed by atoms with Crippen LogP contribution in [0.5, 0.6) is 0 Å². The van der Waals surface area contributed by atoms with Crippen molar-refractivity contribution in [2.24, 2.45) is 0 Å². The molecular weight excluding hydrogens is 316 g/mol. The van der Waals surface area contributed by atoms with Crippen LogP contribution in [0.4, 0.5) is 11.4 Å². The van der Waals surface area contributed by atoms with Crippen molar-refractivity contribution in [3.05, 3.63) is 63.2 Å². The number of nitrogens with one attached hydrogen (secondary N) is 1. The zero-order valence-electron chi connectivity index (χ0n) is 10.9. The fourth-order valence-electron chi connectivity index (χ4n) is 1.70. The molecule has 0 amide bonds. The Bertz CT molecular complexity index is 788. The number of nitro groups is 1. The average molecular weight is 327 g/mol. The van der Waals surface area contributed by atoms with Crippen molar-refractivity contribution in [3.63, 3.8) is 0 Å². The van der Waals surface area contributed by atoms with Crippen LogP contribution in [0.3, 0.4) is 0 Å². The lowest BCUT2D eigenvalue weighted by atomic mass is 10.2. The Morgan fingerprint density at radius 2 is 1.76 bits per heavy atom. The van der Waals surface area contributed by atoms with Crippen LogP contribution in [-0.2, 0) is 10.0 Å². The third-order valence-electron chi connectivity index (χ3n) is 2.74. The maximum absolute atomic E-state index is 12.2. The molecule has 8 heteroatoms. The number of benzene rings is 2. The number of hydrogen-bond donors (Lipinski definition) is 1. The maximum atomic E-state index is 12.2. The van der Waals surface area contributed by atoms with Gasteiger partial charge in [-0.25, -0.2) is 8.42 Å². The van der Waals surface area contributed by atoms with Gasteiger partial charge in [0.1, 0.15) is 10.7 Å². The smallest absolute Gasteiger partial charge is 0.273 e. The SMILES string of the molecule is Cc1ccc(S(=O)(=O)Nc2cccc(Cl)c2[N+](=O)[O-])cc1. The summed E-state index contributed by atoms with van der Waals surface area (Å²) < 4.78 is 26.6. The van der Waals surface area contributed by atoms with Gasteiger partial charge >= 0.3 is 5.69 Å². The van der Waals surface area contributed by atoms with Gasteiger partial charge in [-0.15, -0.1) is 0 Å². The zero-order valence-corrected chi connectivity index (χ0v) is 12.5. The molecule has 0 aliphatic rings. The quantitative estimate of drug-likeness (QED) is 0.689. The molecule has 0 aliphatic heterocycles. The second-order valence-electron chi connectivity index (χ2n) is 4.31. The van der Waals surface area contributed by atoms with Crippen LogP contribution >= 0.6 is 11.6 Å². The molecule has 110 valence electrons. The third kappa shape index (κ3) is 3.32. The molecule has 0 unspecified atom stereocenters. The van der Waals surface area contributed by atoms with Crippen molar-refractivity contribution < 1.29 is 13.3 Å². The Morgan fingerprint density at radius 1 is 1.14 bits per heavy atom. The van der Waals surface area contributed by atoms with Gasteiger partial charge in [-0.1, -0.05) is 35.4 Å². The van der Waals surface area contributed by atoms with Crippen molar-refractivity contribution in [2.75, 3.05) is 4.72 Å². The van der Waals surface area contributed by atoms with E-state index in [0.717, 1.165) is 5.56 Å². The molecular formula is C13H11ClN2O4S. The minimum absolute atomic E-state index is 0.0161. The van der Waals surface area contributed by atoms with Gasteiger partial charge in [-0.05, 0) is 31.2 Å². The molecule has 0 heterocycles. The molecule has 21 heavy (non-hydrogen) atoms. The van der Waals surface area contributed by atoms with E-state index in [1.54, 1.807) is 12.1 Å². The highest BCUT2D eigenvalue weighted by atomic mass is 35.5. The van der Waals surface area contributed by atoms with Crippen molar-refractivity contribution >= 4 is 33.0 Å². The van der Waals surface area contributed by atoms with Crippen LogP contribution < -0.4 is 4.72 Å². The second kappa shape index (κ2) is 5.71. The molecule has 2 aromatic carbocycles. The number of nitro benzene ring substituents is 1. The van der Waals surface area contributed by atoms with Crippen LogP contribution in [0, 0.1) is 17.0 Å². The van der Waals surface area contributed by atoms with Crippen LogP contribution in [0.2, 0.25) is 5.02 Å². The number of nitrogens with zero attached hydrogens (tertiary/aromatic N) is 1. The van der Waals surface area contributed by atoms with E-state index in [1.807, 2.05) is 6.92 Å². The predicted octanol–water partition coefficient (Wildman–Crippen LogP) is 3.36. The summed E-state index contributed by atoms with van der Waals surface area (Å²) in [6.07, 6.45) is 0. The van der Waals surface area contributed by atoms with Crippen LogP contribution in [0.1, 0.15) is 5.56 Å². The summed E-state index contributed by atoms with van der Waals surface area (Å²) in [6, 6.07) is 10.2. The van der Waals surface area contributed by atoms with Crippen molar-refractivity contribution in [2.45, 2.75) is 11.8 Å². The van der Waals surface area contributed by atoms with Gasteiger partial charge < -0.3 is 0 Å². The summed E-state index contributed by atoms with van der Waals surface area (Å²) in [5.74, 6) is 0. The number of rotatable bonds is 4. The number of anilines is 1. The molecule has 6 nitrogen and oxygen atoms in total. The van der Waals surface area contributed by atoms with E-state index < -0.39 is 20.6 Å². The molecule has 0 fully saturated rings. The number of para-hydroxylation sites is 1. The Balaban J connectivity index is 2.44. The first-order valence-corrected chi connectivity index (χ1v) is 7.70. The van der Waals surface area contributed by atoms with Crippen molar-refractivity contribution in [1.82, 2.24) is 0 Å². The Kier molecular flexibility index (Phi) is 4.15. The first-order chi connectivity index (χ1) is 9.81. The number of halogens is 1. The fraction of sp³-hybridized carbons (Fsp3) is 0.0769. The highest BCUT2D eigenvalue weighted by Gasteiger charge is 2.23. The Morgan fingerprint density at radius 3 is 2.33 bits per heavy atom. The normalized spacial score (nSPS) is 11.1.